The SMILES string of the molecule is CC1Cc2ccccc2N1C(=O)CN1CC=C(c2cnn(CCO)c2)CC1. The molecule has 0 spiro atoms. The second kappa shape index (κ2) is 7.66. The van der Waals surface area contributed by atoms with Gasteiger partial charge in [-0.3, -0.25) is 14.4 Å². The highest BCUT2D eigenvalue weighted by Gasteiger charge is 2.31. The highest BCUT2D eigenvalue weighted by molar-refractivity contribution is 5.97. The Hall–Kier alpha value is -2.44. The Kier molecular flexibility index (Phi) is 5.09. The van der Waals surface area contributed by atoms with Crippen molar-refractivity contribution in [3.05, 3.63) is 53.9 Å². The minimum Gasteiger partial charge on any atom is -0.394 e. The number of hydrogen-bond donors (Lipinski definition) is 1. The molecule has 0 saturated heterocycles. The van der Waals surface area contributed by atoms with Crippen LogP contribution in [0.25, 0.3) is 5.57 Å². The molecule has 6 heteroatoms. The van der Waals surface area contributed by atoms with E-state index in [0.717, 1.165) is 37.2 Å². The smallest absolute Gasteiger partial charge is 0.241 e. The summed E-state index contributed by atoms with van der Waals surface area (Å²) in [6.45, 7) is 4.82. The molecule has 1 atom stereocenters. The van der Waals surface area contributed by atoms with E-state index in [4.69, 9.17) is 5.11 Å². The zero-order valence-electron chi connectivity index (χ0n) is 15.7. The van der Waals surface area contributed by atoms with Crippen LogP contribution in [0.1, 0.15) is 24.5 Å². The first-order valence-electron chi connectivity index (χ1n) is 9.60. The predicted octanol–water partition coefficient (Wildman–Crippen LogP) is 1.94. The third-order valence-electron chi connectivity index (χ3n) is 5.46. The number of carbonyl (C=O) groups excluding carboxylic acids is 1. The summed E-state index contributed by atoms with van der Waals surface area (Å²) < 4.78 is 1.76. The van der Waals surface area contributed by atoms with E-state index in [1.165, 1.54) is 11.1 Å². The van der Waals surface area contributed by atoms with Gasteiger partial charge in [-0.1, -0.05) is 24.3 Å². The van der Waals surface area contributed by atoms with Crippen LogP contribution in [0.15, 0.2) is 42.7 Å². The molecular formula is C21H26N4O2. The highest BCUT2D eigenvalue weighted by Crippen LogP contribution is 2.32. The lowest BCUT2D eigenvalue weighted by Crippen LogP contribution is -2.44. The molecule has 1 aromatic carbocycles. The number of aliphatic hydroxyl groups is 1. The number of carbonyl (C=O) groups is 1. The first kappa shape index (κ1) is 17.9. The third kappa shape index (κ3) is 3.68. The highest BCUT2D eigenvalue weighted by atomic mass is 16.3. The second-order valence-corrected chi connectivity index (χ2v) is 7.38. The fraction of sp³-hybridized carbons (Fsp3) is 0.429. The van der Waals surface area contributed by atoms with E-state index in [1.54, 1.807) is 4.68 Å². The van der Waals surface area contributed by atoms with E-state index in [1.807, 2.05) is 29.4 Å². The van der Waals surface area contributed by atoms with Gasteiger partial charge in [0.05, 0.1) is 25.9 Å². The summed E-state index contributed by atoms with van der Waals surface area (Å²) in [5.74, 6) is 0.181. The van der Waals surface area contributed by atoms with Crippen molar-refractivity contribution in [2.45, 2.75) is 32.4 Å². The number of rotatable bonds is 5. The van der Waals surface area contributed by atoms with Gasteiger partial charge in [0, 0.05) is 36.6 Å². The van der Waals surface area contributed by atoms with Gasteiger partial charge >= 0.3 is 0 Å². The van der Waals surface area contributed by atoms with Crippen LogP contribution >= 0.6 is 0 Å². The van der Waals surface area contributed by atoms with Crippen molar-refractivity contribution in [2.24, 2.45) is 0 Å². The number of hydrogen-bond acceptors (Lipinski definition) is 4. The molecule has 1 unspecified atom stereocenters. The number of benzene rings is 1. The first-order chi connectivity index (χ1) is 13.2. The van der Waals surface area contributed by atoms with E-state index in [2.05, 4.69) is 35.1 Å². The Morgan fingerprint density at radius 2 is 2.19 bits per heavy atom. The van der Waals surface area contributed by atoms with Crippen molar-refractivity contribution >= 4 is 17.2 Å². The van der Waals surface area contributed by atoms with Gasteiger partial charge in [-0.25, -0.2) is 0 Å². The van der Waals surface area contributed by atoms with E-state index < -0.39 is 0 Å². The molecular weight excluding hydrogens is 340 g/mol. The zero-order valence-corrected chi connectivity index (χ0v) is 15.7. The van der Waals surface area contributed by atoms with Crippen LogP contribution in [0.5, 0.6) is 0 Å². The molecule has 1 aromatic heterocycles. The van der Waals surface area contributed by atoms with Gasteiger partial charge < -0.3 is 10.0 Å². The number of para-hydroxylation sites is 1. The zero-order chi connectivity index (χ0) is 18.8. The Morgan fingerprint density at radius 1 is 1.33 bits per heavy atom. The van der Waals surface area contributed by atoms with Crippen LogP contribution in [0.2, 0.25) is 0 Å². The summed E-state index contributed by atoms with van der Waals surface area (Å²) in [6.07, 6.45) is 7.86. The lowest BCUT2D eigenvalue weighted by molar-refractivity contribution is -0.119. The second-order valence-electron chi connectivity index (χ2n) is 7.38. The molecule has 0 radical (unpaired) electrons. The predicted molar refractivity (Wildman–Crippen MR) is 105 cm³/mol. The molecule has 27 heavy (non-hydrogen) atoms. The number of nitrogens with zero attached hydrogens (tertiary/aromatic N) is 4. The molecule has 142 valence electrons. The summed E-state index contributed by atoms with van der Waals surface area (Å²) in [5.41, 5.74) is 4.71. The fourth-order valence-corrected chi connectivity index (χ4v) is 4.08. The van der Waals surface area contributed by atoms with E-state index in [9.17, 15) is 4.79 Å². The van der Waals surface area contributed by atoms with Crippen LogP contribution < -0.4 is 4.90 Å². The molecule has 4 rings (SSSR count). The number of anilines is 1. The molecule has 1 N–H and O–H groups in total. The number of aliphatic hydroxyl groups excluding tert-OH is 1. The van der Waals surface area contributed by atoms with Gasteiger partial charge in [-0.15, -0.1) is 0 Å². The van der Waals surface area contributed by atoms with Crippen molar-refractivity contribution in [3.8, 4) is 0 Å². The Morgan fingerprint density at radius 3 is 2.96 bits per heavy atom. The summed E-state index contributed by atoms with van der Waals surface area (Å²) in [6, 6.07) is 8.44. The van der Waals surface area contributed by atoms with Crippen LogP contribution in [0.4, 0.5) is 5.69 Å². The number of aromatic nitrogens is 2. The molecule has 2 aliphatic rings. The average molecular weight is 366 g/mol. The van der Waals surface area contributed by atoms with Gasteiger partial charge in [0.25, 0.3) is 0 Å². The van der Waals surface area contributed by atoms with Crippen LogP contribution in [-0.2, 0) is 17.8 Å². The van der Waals surface area contributed by atoms with Crippen molar-refractivity contribution in [1.82, 2.24) is 14.7 Å². The molecule has 0 fully saturated rings. The fourth-order valence-electron chi connectivity index (χ4n) is 4.08. The van der Waals surface area contributed by atoms with Crippen LogP contribution in [0, 0.1) is 0 Å². The molecule has 6 nitrogen and oxygen atoms in total. The maximum Gasteiger partial charge on any atom is 0.241 e. The number of amides is 1. The molecule has 0 aliphatic carbocycles. The van der Waals surface area contributed by atoms with Gasteiger partial charge in [0.1, 0.15) is 0 Å². The molecule has 1 amide bonds. The van der Waals surface area contributed by atoms with Crippen molar-refractivity contribution in [3.63, 3.8) is 0 Å². The molecule has 0 bridgehead atoms. The molecule has 0 saturated carbocycles. The minimum atomic E-state index is 0.0914. The Labute approximate surface area is 159 Å². The molecule has 2 aliphatic heterocycles. The topological polar surface area (TPSA) is 61.6 Å². The van der Waals surface area contributed by atoms with E-state index in [0.29, 0.717) is 13.1 Å². The Bertz CT molecular complexity index is 857. The standard InChI is InChI=1S/C21H26N4O2/c1-16-12-18-4-2-3-5-20(18)25(16)21(27)15-23-8-6-17(7-9-23)19-13-22-24(14-19)10-11-26/h2-6,13-14,16,26H,7-12,15H2,1H3. The summed E-state index contributed by atoms with van der Waals surface area (Å²) >= 11 is 0. The maximum absolute atomic E-state index is 12.9. The molecule has 3 heterocycles. The first-order valence-corrected chi connectivity index (χ1v) is 9.60. The maximum atomic E-state index is 12.9. The van der Waals surface area contributed by atoms with Crippen molar-refractivity contribution < 1.29 is 9.90 Å². The van der Waals surface area contributed by atoms with Crippen LogP contribution in [-0.4, -0.2) is 58.0 Å². The monoisotopic (exact) mass is 366 g/mol. The summed E-state index contributed by atoms with van der Waals surface area (Å²) in [5, 5.41) is 13.3. The van der Waals surface area contributed by atoms with Gasteiger partial charge in [0.2, 0.25) is 5.91 Å². The van der Waals surface area contributed by atoms with E-state index >= 15 is 0 Å². The van der Waals surface area contributed by atoms with Gasteiger partial charge in [-0.05, 0) is 37.0 Å². The molecule has 2 aromatic rings. The number of fused-ring (bicyclic) bond motifs is 1. The third-order valence-corrected chi connectivity index (χ3v) is 5.46. The average Bonchev–Trinajstić information content (AvgIpc) is 3.26. The minimum absolute atomic E-state index is 0.0914. The largest absolute Gasteiger partial charge is 0.394 e. The van der Waals surface area contributed by atoms with Gasteiger partial charge in [-0.2, -0.15) is 5.10 Å². The lowest BCUT2D eigenvalue weighted by atomic mass is 10.0. The van der Waals surface area contributed by atoms with Crippen LogP contribution in [0.3, 0.4) is 0 Å². The van der Waals surface area contributed by atoms with E-state index in [-0.39, 0.29) is 18.6 Å². The Balaban J connectivity index is 1.39. The quantitative estimate of drug-likeness (QED) is 0.879. The normalized spacial score (nSPS) is 19.9. The van der Waals surface area contributed by atoms with Crippen molar-refractivity contribution in [2.75, 3.05) is 31.1 Å². The van der Waals surface area contributed by atoms with Gasteiger partial charge in [0.15, 0.2) is 0 Å². The lowest BCUT2D eigenvalue weighted by Gasteiger charge is -2.29. The summed E-state index contributed by atoms with van der Waals surface area (Å²) in [7, 11) is 0. The van der Waals surface area contributed by atoms with Crippen molar-refractivity contribution in [1.29, 1.82) is 0 Å². The summed E-state index contributed by atoms with van der Waals surface area (Å²) in [4.78, 5) is 17.1.